The molecule has 24 heavy (non-hydrogen) atoms. The van der Waals surface area contributed by atoms with E-state index in [1.165, 1.54) is 7.11 Å². The topological polar surface area (TPSA) is 55.4 Å². The van der Waals surface area contributed by atoms with Crippen LogP contribution in [0.5, 0.6) is 0 Å². The predicted molar refractivity (Wildman–Crippen MR) is 94.9 cm³/mol. The van der Waals surface area contributed by atoms with Crippen LogP contribution in [-0.2, 0) is 16.0 Å². The van der Waals surface area contributed by atoms with E-state index in [-0.39, 0.29) is 12.0 Å². The summed E-state index contributed by atoms with van der Waals surface area (Å²) in [7, 11) is 1.25. The first-order valence-corrected chi connectivity index (χ1v) is 8.13. The van der Waals surface area contributed by atoms with E-state index in [0.29, 0.717) is 20.6 Å². The van der Waals surface area contributed by atoms with Crippen LogP contribution in [0.3, 0.4) is 0 Å². The molecule has 0 aliphatic heterocycles. The van der Waals surface area contributed by atoms with E-state index in [1.807, 2.05) is 0 Å². The molecular formula is C17H14Cl3NO3. The van der Waals surface area contributed by atoms with Crippen molar-refractivity contribution in [2.24, 2.45) is 0 Å². The Labute approximate surface area is 154 Å². The molecule has 0 unspecified atom stereocenters. The lowest BCUT2D eigenvalue weighted by atomic mass is 10.1. The minimum atomic E-state index is -0.905. The van der Waals surface area contributed by atoms with Crippen LogP contribution in [0, 0.1) is 0 Å². The fraction of sp³-hybridized carbons (Fsp3) is 0.176. The lowest BCUT2D eigenvalue weighted by Crippen LogP contribution is -2.43. The third-order valence-electron chi connectivity index (χ3n) is 3.35. The van der Waals surface area contributed by atoms with E-state index in [9.17, 15) is 9.59 Å². The molecule has 2 rings (SSSR count). The van der Waals surface area contributed by atoms with Gasteiger partial charge in [0.15, 0.2) is 0 Å². The number of rotatable bonds is 5. The molecule has 0 bridgehead atoms. The number of nitrogens with one attached hydrogen (secondary N) is 1. The number of hydrogen-bond donors (Lipinski definition) is 1. The minimum Gasteiger partial charge on any atom is -0.467 e. The van der Waals surface area contributed by atoms with Crippen LogP contribution in [0.15, 0.2) is 42.5 Å². The maximum atomic E-state index is 12.4. The third kappa shape index (κ3) is 4.63. The van der Waals surface area contributed by atoms with Gasteiger partial charge < -0.3 is 10.1 Å². The zero-order valence-corrected chi connectivity index (χ0v) is 15.0. The van der Waals surface area contributed by atoms with Gasteiger partial charge in [-0.05, 0) is 29.8 Å². The van der Waals surface area contributed by atoms with Gasteiger partial charge in [-0.15, -0.1) is 0 Å². The second-order valence-corrected chi connectivity index (χ2v) is 6.22. The molecule has 0 spiro atoms. The summed E-state index contributed by atoms with van der Waals surface area (Å²) in [6.07, 6.45) is 0.166. The Kier molecular flexibility index (Phi) is 6.49. The molecule has 0 radical (unpaired) electrons. The maximum Gasteiger partial charge on any atom is 0.328 e. The fourth-order valence-electron chi connectivity index (χ4n) is 2.12. The van der Waals surface area contributed by atoms with Crippen LogP contribution in [0.4, 0.5) is 0 Å². The van der Waals surface area contributed by atoms with Crippen LogP contribution in [0.25, 0.3) is 0 Å². The van der Waals surface area contributed by atoms with Gasteiger partial charge >= 0.3 is 5.97 Å². The van der Waals surface area contributed by atoms with Crippen molar-refractivity contribution in [1.82, 2.24) is 5.32 Å². The number of carbonyl (C=O) groups excluding carboxylic acids is 2. The molecule has 1 atom stereocenters. The summed E-state index contributed by atoms with van der Waals surface area (Å²) < 4.78 is 4.76. The number of ether oxygens (including phenoxy) is 1. The van der Waals surface area contributed by atoms with Crippen LogP contribution >= 0.6 is 34.8 Å². The number of carbonyl (C=O) groups is 2. The van der Waals surface area contributed by atoms with Gasteiger partial charge in [-0.25, -0.2) is 4.79 Å². The molecule has 1 amide bonds. The zero-order chi connectivity index (χ0) is 17.7. The van der Waals surface area contributed by atoms with Crippen molar-refractivity contribution in [3.63, 3.8) is 0 Å². The lowest BCUT2D eigenvalue weighted by molar-refractivity contribution is -0.142. The van der Waals surface area contributed by atoms with E-state index in [1.54, 1.807) is 42.5 Å². The SMILES string of the molecule is COC(=O)[C@H](Cc1ccc(Cl)cc1Cl)NC(=O)c1ccccc1Cl. The Hall–Kier alpha value is -1.75. The summed E-state index contributed by atoms with van der Waals surface area (Å²) in [6.45, 7) is 0. The Bertz CT molecular complexity index is 764. The normalized spacial score (nSPS) is 11.7. The summed E-state index contributed by atoms with van der Waals surface area (Å²) in [5.74, 6) is -1.05. The molecule has 126 valence electrons. The molecule has 0 saturated carbocycles. The minimum absolute atomic E-state index is 0.166. The first-order valence-electron chi connectivity index (χ1n) is 6.99. The van der Waals surface area contributed by atoms with Crippen molar-refractivity contribution in [1.29, 1.82) is 0 Å². The molecule has 0 aliphatic carbocycles. The lowest BCUT2D eigenvalue weighted by Gasteiger charge is -2.18. The average molecular weight is 387 g/mol. The van der Waals surface area contributed by atoms with Gasteiger partial charge in [-0.1, -0.05) is 53.0 Å². The predicted octanol–water partition coefficient (Wildman–Crippen LogP) is 4.16. The van der Waals surface area contributed by atoms with Gasteiger partial charge in [0, 0.05) is 16.5 Å². The van der Waals surface area contributed by atoms with Gasteiger partial charge in [0.1, 0.15) is 6.04 Å². The van der Waals surface area contributed by atoms with Crippen molar-refractivity contribution in [2.75, 3.05) is 7.11 Å². The zero-order valence-electron chi connectivity index (χ0n) is 12.7. The van der Waals surface area contributed by atoms with E-state index in [4.69, 9.17) is 39.5 Å². The van der Waals surface area contributed by atoms with Crippen LogP contribution < -0.4 is 5.32 Å². The van der Waals surface area contributed by atoms with E-state index in [2.05, 4.69) is 5.32 Å². The quantitative estimate of drug-likeness (QED) is 0.785. The van der Waals surface area contributed by atoms with Gasteiger partial charge in [-0.3, -0.25) is 4.79 Å². The number of benzene rings is 2. The standard InChI is InChI=1S/C17H14Cl3NO3/c1-24-17(23)15(8-10-6-7-11(18)9-14(10)20)21-16(22)12-4-2-3-5-13(12)19/h2-7,9,15H,8H2,1H3,(H,21,22)/t15-/m0/s1. The highest BCUT2D eigenvalue weighted by Gasteiger charge is 2.24. The smallest absolute Gasteiger partial charge is 0.328 e. The number of halogens is 3. The second-order valence-electron chi connectivity index (χ2n) is 4.97. The molecule has 0 fully saturated rings. The Morgan fingerprint density at radius 2 is 1.79 bits per heavy atom. The second kappa shape index (κ2) is 8.38. The molecule has 2 aromatic rings. The molecular weight excluding hydrogens is 373 g/mol. The van der Waals surface area contributed by atoms with Crippen LogP contribution in [0.1, 0.15) is 15.9 Å². The van der Waals surface area contributed by atoms with Gasteiger partial charge in [0.05, 0.1) is 17.7 Å². The molecule has 0 aliphatic rings. The summed E-state index contributed by atoms with van der Waals surface area (Å²) >= 11 is 18.0. The van der Waals surface area contributed by atoms with Crippen molar-refractivity contribution in [3.05, 3.63) is 68.7 Å². The van der Waals surface area contributed by atoms with Crippen molar-refractivity contribution < 1.29 is 14.3 Å². The van der Waals surface area contributed by atoms with Crippen LogP contribution in [-0.4, -0.2) is 25.0 Å². The van der Waals surface area contributed by atoms with E-state index >= 15 is 0 Å². The molecule has 7 heteroatoms. The van der Waals surface area contributed by atoms with E-state index < -0.39 is 17.9 Å². The molecule has 0 aromatic heterocycles. The number of esters is 1. The first-order chi connectivity index (χ1) is 11.4. The molecule has 1 N–H and O–H groups in total. The van der Waals surface area contributed by atoms with E-state index in [0.717, 1.165) is 0 Å². The third-order valence-corrected chi connectivity index (χ3v) is 4.27. The molecule has 4 nitrogen and oxygen atoms in total. The first kappa shape index (κ1) is 18.6. The largest absolute Gasteiger partial charge is 0.467 e. The summed E-state index contributed by atoms with van der Waals surface area (Å²) in [5, 5.41) is 3.81. The highest BCUT2D eigenvalue weighted by Crippen LogP contribution is 2.23. The number of methoxy groups -OCH3 is 1. The van der Waals surface area contributed by atoms with Crippen molar-refractivity contribution in [3.8, 4) is 0 Å². The highest BCUT2D eigenvalue weighted by atomic mass is 35.5. The van der Waals surface area contributed by atoms with Gasteiger partial charge in [0.25, 0.3) is 5.91 Å². The molecule has 0 heterocycles. The van der Waals surface area contributed by atoms with Crippen LogP contribution in [0.2, 0.25) is 15.1 Å². The molecule has 2 aromatic carbocycles. The summed E-state index contributed by atoms with van der Waals surface area (Å²) in [5.41, 5.74) is 0.936. The highest BCUT2D eigenvalue weighted by molar-refractivity contribution is 6.35. The average Bonchev–Trinajstić information content (AvgIpc) is 2.56. The number of amides is 1. The van der Waals surface area contributed by atoms with Gasteiger partial charge in [0.2, 0.25) is 0 Å². The Morgan fingerprint density at radius 3 is 2.42 bits per heavy atom. The Balaban J connectivity index is 2.21. The van der Waals surface area contributed by atoms with Gasteiger partial charge in [-0.2, -0.15) is 0 Å². The maximum absolute atomic E-state index is 12.4. The summed E-state index contributed by atoms with van der Waals surface area (Å²) in [6, 6.07) is 10.6. The molecule has 0 saturated heterocycles. The summed E-state index contributed by atoms with van der Waals surface area (Å²) in [4.78, 5) is 24.4. The number of hydrogen-bond acceptors (Lipinski definition) is 3. The monoisotopic (exact) mass is 385 g/mol. The van der Waals surface area contributed by atoms with Crippen molar-refractivity contribution >= 4 is 46.7 Å². The fourth-order valence-corrected chi connectivity index (χ4v) is 2.83. The van der Waals surface area contributed by atoms with Crippen molar-refractivity contribution in [2.45, 2.75) is 12.5 Å². The Morgan fingerprint density at radius 1 is 1.08 bits per heavy atom.